The summed E-state index contributed by atoms with van der Waals surface area (Å²) in [7, 11) is 3.85. The van der Waals surface area contributed by atoms with Crippen molar-refractivity contribution in [1.82, 2.24) is 24.8 Å². The molecule has 8 nitrogen and oxygen atoms in total. The number of H-pyrrole nitrogens is 1. The minimum atomic E-state index is -0.194. The quantitative estimate of drug-likeness (QED) is 0.512. The molecule has 0 bridgehead atoms. The fourth-order valence-electron chi connectivity index (χ4n) is 3.87. The largest absolute Gasteiger partial charge is 0.348 e. The van der Waals surface area contributed by atoms with Crippen molar-refractivity contribution in [2.24, 2.45) is 7.05 Å². The van der Waals surface area contributed by atoms with Crippen LogP contribution < -0.4 is 15.9 Å². The van der Waals surface area contributed by atoms with Gasteiger partial charge in [0.15, 0.2) is 5.13 Å². The predicted molar refractivity (Wildman–Crippen MR) is 124 cm³/mol. The van der Waals surface area contributed by atoms with E-state index in [0.717, 1.165) is 52.6 Å². The lowest BCUT2D eigenvalue weighted by atomic mass is 10.1. The number of fused-ring (bicyclic) bond motifs is 2. The molecule has 9 heteroatoms. The number of piperazine rings is 1. The minimum Gasteiger partial charge on any atom is -0.348 e. The number of hydrogen-bond donors (Lipinski definition) is 2. The van der Waals surface area contributed by atoms with Crippen LogP contribution in [0.15, 0.2) is 41.2 Å². The van der Waals surface area contributed by atoms with Crippen molar-refractivity contribution in [3.8, 4) is 0 Å². The predicted octanol–water partition coefficient (Wildman–Crippen LogP) is 2.16. The number of carbonyl (C=O) groups excluding carboxylic acids is 1. The van der Waals surface area contributed by atoms with E-state index in [0.29, 0.717) is 17.6 Å². The van der Waals surface area contributed by atoms with Crippen LogP contribution in [0, 0.1) is 0 Å². The number of nitrogens with zero attached hydrogens (tertiary/aromatic N) is 4. The Balaban J connectivity index is 1.29. The van der Waals surface area contributed by atoms with Crippen LogP contribution in [0.4, 0.5) is 5.13 Å². The molecule has 31 heavy (non-hydrogen) atoms. The summed E-state index contributed by atoms with van der Waals surface area (Å²) >= 11 is 1.72. The highest BCUT2D eigenvalue weighted by molar-refractivity contribution is 7.22. The van der Waals surface area contributed by atoms with Gasteiger partial charge in [0.25, 0.3) is 5.91 Å². The smallest absolute Gasteiger partial charge is 0.326 e. The Kier molecular flexibility index (Phi) is 4.99. The van der Waals surface area contributed by atoms with Crippen LogP contribution in [0.25, 0.3) is 21.3 Å². The number of imidazole rings is 1. The molecule has 0 saturated carbocycles. The second kappa shape index (κ2) is 7.82. The third-order valence-electron chi connectivity index (χ3n) is 5.83. The molecule has 1 saturated heterocycles. The lowest BCUT2D eigenvalue weighted by Crippen LogP contribution is -2.44. The van der Waals surface area contributed by atoms with Gasteiger partial charge in [-0.1, -0.05) is 17.4 Å². The Morgan fingerprint density at radius 2 is 1.94 bits per heavy atom. The number of amides is 1. The number of aromatic nitrogens is 3. The van der Waals surface area contributed by atoms with Crippen LogP contribution in [0.2, 0.25) is 0 Å². The molecule has 160 valence electrons. The molecule has 2 aromatic carbocycles. The second-order valence-corrected chi connectivity index (χ2v) is 9.00. The Hall–Kier alpha value is -3.17. The molecule has 2 aromatic heterocycles. The third kappa shape index (κ3) is 3.82. The summed E-state index contributed by atoms with van der Waals surface area (Å²) in [4.78, 5) is 36.6. The van der Waals surface area contributed by atoms with Gasteiger partial charge in [-0.2, -0.15) is 0 Å². The van der Waals surface area contributed by atoms with E-state index >= 15 is 0 Å². The third-order valence-corrected chi connectivity index (χ3v) is 6.93. The summed E-state index contributed by atoms with van der Waals surface area (Å²) < 4.78 is 2.68. The summed E-state index contributed by atoms with van der Waals surface area (Å²) in [5.74, 6) is -0.178. The molecular formula is C22H24N6O2S. The van der Waals surface area contributed by atoms with Gasteiger partial charge in [-0.15, -0.1) is 0 Å². The number of thiazole rings is 1. The molecule has 0 unspecified atom stereocenters. The van der Waals surface area contributed by atoms with E-state index in [4.69, 9.17) is 4.98 Å². The highest BCUT2D eigenvalue weighted by Crippen LogP contribution is 2.30. The number of hydrogen-bond acceptors (Lipinski definition) is 6. The Labute approximate surface area is 183 Å². The van der Waals surface area contributed by atoms with E-state index in [-0.39, 0.29) is 11.6 Å². The molecule has 0 radical (unpaired) electrons. The Morgan fingerprint density at radius 1 is 1.13 bits per heavy atom. The first-order valence-corrected chi connectivity index (χ1v) is 11.1. The maximum Gasteiger partial charge on any atom is 0.326 e. The highest BCUT2D eigenvalue weighted by atomic mass is 32.1. The number of nitrogens with one attached hydrogen (secondary N) is 2. The number of rotatable bonds is 4. The number of anilines is 1. The fourth-order valence-corrected chi connectivity index (χ4v) is 4.86. The van der Waals surface area contributed by atoms with E-state index in [2.05, 4.69) is 33.2 Å². The maximum atomic E-state index is 12.6. The molecule has 1 fully saturated rings. The molecule has 1 amide bonds. The fraction of sp³-hybridized carbons (Fsp3) is 0.318. The molecule has 0 aliphatic carbocycles. The number of aromatic amines is 1. The van der Waals surface area contributed by atoms with Crippen LogP contribution in [-0.2, 0) is 13.6 Å². The maximum absolute atomic E-state index is 12.6. The van der Waals surface area contributed by atoms with E-state index in [1.165, 1.54) is 4.57 Å². The van der Waals surface area contributed by atoms with Crippen LogP contribution in [0.3, 0.4) is 0 Å². The highest BCUT2D eigenvalue weighted by Gasteiger charge is 2.18. The minimum absolute atomic E-state index is 0.178. The monoisotopic (exact) mass is 436 g/mol. The van der Waals surface area contributed by atoms with Crippen LogP contribution >= 0.6 is 11.3 Å². The molecule has 1 aliphatic rings. The topological polar surface area (TPSA) is 86.3 Å². The zero-order valence-corrected chi connectivity index (χ0v) is 18.3. The number of benzene rings is 2. The molecular weight excluding hydrogens is 412 g/mol. The van der Waals surface area contributed by atoms with Gasteiger partial charge in [0.1, 0.15) is 0 Å². The average molecular weight is 437 g/mol. The standard InChI is InChI=1S/C22H24N6O2S/c1-26-7-9-28(10-8-26)22-25-17-11-14(3-6-19(17)31-22)13-23-20(29)15-4-5-18-16(12-15)24-21(30)27(18)2/h3-6,11-12H,7-10,13H2,1-2H3,(H,23,29)(H,24,30). The lowest BCUT2D eigenvalue weighted by Gasteiger charge is -2.32. The first-order chi connectivity index (χ1) is 15.0. The van der Waals surface area contributed by atoms with E-state index in [1.54, 1.807) is 36.6 Å². The molecule has 4 aromatic rings. The van der Waals surface area contributed by atoms with Crippen molar-refractivity contribution in [3.05, 3.63) is 58.0 Å². The molecule has 5 rings (SSSR count). The van der Waals surface area contributed by atoms with Gasteiger partial charge < -0.3 is 20.1 Å². The zero-order valence-electron chi connectivity index (χ0n) is 17.5. The van der Waals surface area contributed by atoms with Crippen molar-refractivity contribution in [2.45, 2.75) is 6.54 Å². The van der Waals surface area contributed by atoms with E-state index in [1.807, 2.05) is 12.1 Å². The molecule has 0 atom stereocenters. The van der Waals surface area contributed by atoms with Gasteiger partial charge in [0.05, 0.1) is 21.3 Å². The first kappa shape index (κ1) is 19.8. The normalized spacial score (nSPS) is 15.1. The van der Waals surface area contributed by atoms with Gasteiger partial charge in [-0.25, -0.2) is 9.78 Å². The summed E-state index contributed by atoms with van der Waals surface area (Å²) in [6.07, 6.45) is 0. The average Bonchev–Trinajstić information content (AvgIpc) is 3.32. The summed E-state index contributed by atoms with van der Waals surface area (Å²) in [6.45, 7) is 4.51. The van der Waals surface area contributed by atoms with Gasteiger partial charge in [-0.05, 0) is 42.9 Å². The summed E-state index contributed by atoms with van der Waals surface area (Å²) in [5.41, 5.74) is 3.72. The number of carbonyl (C=O) groups is 1. The summed E-state index contributed by atoms with van der Waals surface area (Å²) in [5, 5.41) is 4.03. The van der Waals surface area contributed by atoms with Gasteiger partial charge in [-0.3, -0.25) is 9.36 Å². The Morgan fingerprint density at radius 3 is 2.74 bits per heavy atom. The van der Waals surface area contributed by atoms with Gasteiger partial charge in [0.2, 0.25) is 0 Å². The van der Waals surface area contributed by atoms with E-state index < -0.39 is 0 Å². The Bertz CT molecular complexity index is 1330. The number of likely N-dealkylation sites (N-methyl/N-ethyl adjacent to an activating group) is 1. The van der Waals surface area contributed by atoms with Crippen LogP contribution in [-0.4, -0.2) is 58.6 Å². The van der Waals surface area contributed by atoms with Crippen LogP contribution in [0.5, 0.6) is 0 Å². The lowest BCUT2D eigenvalue weighted by molar-refractivity contribution is 0.0951. The van der Waals surface area contributed by atoms with Crippen molar-refractivity contribution < 1.29 is 4.79 Å². The van der Waals surface area contributed by atoms with Crippen molar-refractivity contribution in [2.75, 3.05) is 38.1 Å². The molecule has 0 spiro atoms. The van der Waals surface area contributed by atoms with Crippen LogP contribution in [0.1, 0.15) is 15.9 Å². The zero-order chi connectivity index (χ0) is 21.5. The number of aryl methyl sites for hydroxylation is 1. The van der Waals surface area contributed by atoms with Gasteiger partial charge >= 0.3 is 5.69 Å². The van der Waals surface area contributed by atoms with Crippen molar-refractivity contribution in [3.63, 3.8) is 0 Å². The van der Waals surface area contributed by atoms with Gasteiger partial charge in [0, 0.05) is 45.3 Å². The SMILES string of the molecule is CN1CCN(c2nc3cc(CNC(=O)c4ccc5c(c4)[nH]c(=O)n5C)ccc3s2)CC1. The second-order valence-electron chi connectivity index (χ2n) is 7.99. The molecule has 3 heterocycles. The van der Waals surface area contributed by atoms with Crippen molar-refractivity contribution >= 4 is 43.6 Å². The molecule has 2 N–H and O–H groups in total. The molecule has 1 aliphatic heterocycles. The van der Waals surface area contributed by atoms with E-state index in [9.17, 15) is 9.59 Å². The van der Waals surface area contributed by atoms with Crippen molar-refractivity contribution in [1.29, 1.82) is 0 Å². The summed E-state index contributed by atoms with van der Waals surface area (Å²) in [6, 6.07) is 11.4. The first-order valence-electron chi connectivity index (χ1n) is 10.3.